The number of carbonyl (C=O) groups is 1. The van der Waals surface area contributed by atoms with E-state index in [2.05, 4.69) is 0 Å². The Labute approximate surface area is 125 Å². The third-order valence-corrected chi connectivity index (χ3v) is 2.69. The van der Waals surface area contributed by atoms with Gasteiger partial charge >= 0.3 is 5.97 Å². The Morgan fingerprint density at radius 1 is 1.05 bits per heavy atom. The maximum atomic E-state index is 11.9. The zero-order chi connectivity index (χ0) is 15.8. The Balaban J connectivity index is 0.00000106. The third kappa shape index (κ3) is 4.53. The summed E-state index contributed by atoms with van der Waals surface area (Å²) in [5.41, 5.74) is 1.13. The molecular weight excluding hydrogens is 268 g/mol. The summed E-state index contributed by atoms with van der Waals surface area (Å²) in [5.74, 6) is 0.800. The van der Waals surface area contributed by atoms with Crippen LogP contribution in [0.4, 0.5) is 0 Å². The van der Waals surface area contributed by atoms with Crippen LogP contribution >= 0.6 is 0 Å². The Morgan fingerprint density at radius 2 is 1.67 bits per heavy atom. The Bertz CT molecular complexity index is 588. The molecule has 2 rings (SSSR count). The van der Waals surface area contributed by atoms with Crippen LogP contribution in [0.5, 0.6) is 17.2 Å². The summed E-state index contributed by atoms with van der Waals surface area (Å²) >= 11 is 0. The van der Waals surface area contributed by atoms with Crippen LogP contribution in [-0.4, -0.2) is 18.2 Å². The van der Waals surface area contributed by atoms with Crippen LogP contribution in [0.1, 0.15) is 29.8 Å². The van der Waals surface area contributed by atoms with E-state index in [0.717, 1.165) is 0 Å². The van der Waals surface area contributed by atoms with E-state index in [0.29, 0.717) is 22.6 Å². The first-order valence-electron chi connectivity index (χ1n) is 6.76. The van der Waals surface area contributed by atoms with E-state index in [9.17, 15) is 9.90 Å². The molecule has 21 heavy (non-hydrogen) atoms. The van der Waals surface area contributed by atoms with Crippen LogP contribution < -0.4 is 9.47 Å². The van der Waals surface area contributed by atoms with Crippen LogP contribution in [0.2, 0.25) is 0 Å². The van der Waals surface area contributed by atoms with Gasteiger partial charge in [0.1, 0.15) is 17.2 Å². The first-order valence-corrected chi connectivity index (χ1v) is 6.76. The molecule has 0 aliphatic heterocycles. The zero-order valence-corrected chi connectivity index (χ0v) is 12.7. The monoisotopic (exact) mass is 288 g/mol. The second kappa shape index (κ2) is 7.94. The summed E-state index contributed by atoms with van der Waals surface area (Å²) in [5, 5.41) is 9.29. The number of phenolic OH excluding ortho intramolecular Hbond substituents is 1. The Hall–Kier alpha value is -2.49. The van der Waals surface area contributed by atoms with Gasteiger partial charge in [0.25, 0.3) is 0 Å². The number of hydrogen-bond acceptors (Lipinski definition) is 4. The second-order valence-corrected chi connectivity index (χ2v) is 4.07. The minimum absolute atomic E-state index is 0.141. The molecule has 0 saturated heterocycles. The maximum absolute atomic E-state index is 11.9. The molecule has 0 saturated carbocycles. The third-order valence-electron chi connectivity index (χ3n) is 2.69. The van der Waals surface area contributed by atoms with Crippen molar-refractivity contribution in [3.8, 4) is 17.2 Å². The molecule has 4 nitrogen and oxygen atoms in total. The molecule has 0 spiro atoms. The van der Waals surface area contributed by atoms with Crippen molar-refractivity contribution in [2.75, 3.05) is 7.11 Å². The van der Waals surface area contributed by atoms with Gasteiger partial charge in [-0.15, -0.1) is 0 Å². The zero-order valence-electron chi connectivity index (χ0n) is 12.7. The highest BCUT2D eigenvalue weighted by Gasteiger charge is 2.10. The SMILES string of the molecule is CC.COc1ccc(C(=O)Oc2ccc(O)cc2C)cc1. The Kier molecular flexibility index (Phi) is 6.27. The second-order valence-electron chi connectivity index (χ2n) is 4.07. The standard InChI is InChI=1S/C15H14O4.C2H6/c1-10-9-12(16)5-8-14(10)19-15(17)11-3-6-13(18-2)7-4-11;1-2/h3-9,16H,1-2H3;1-2H3. The van der Waals surface area contributed by atoms with Gasteiger partial charge in [-0.3, -0.25) is 0 Å². The topological polar surface area (TPSA) is 55.8 Å². The minimum atomic E-state index is -0.448. The number of carbonyl (C=O) groups excluding carboxylic acids is 1. The van der Waals surface area contributed by atoms with Crippen molar-refractivity contribution in [3.05, 3.63) is 53.6 Å². The predicted molar refractivity (Wildman–Crippen MR) is 82.1 cm³/mol. The molecular formula is C17H20O4. The molecule has 0 fully saturated rings. The van der Waals surface area contributed by atoms with E-state index in [1.54, 1.807) is 44.4 Å². The molecule has 0 radical (unpaired) electrons. The first-order chi connectivity index (χ1) is 10.1. The number of ether oxygens (including phenoxy) is 2. The lowest BCUT2D eigenvalue weighted by atomic mass is 10.2. The van der Waals surface area contributed by atoms with Crippen LogP contribution in [0.3, 0.4) is 0 Å². The van der Waals surface area contributed by atoms with E-state index >= 15 is 0 Å². The van der Waals surface area contributed by atoms with Gasteiger partial charge in [-0.05, 0) is 55.0 Å². The van der Waals surface area contributed by atoms with Crippen molar-refractivity contribution in [1.82, 2.24) is 0 Å². The quantitative estimate of drug-likeness (QED) is 0.686. The fraction of sp³-hybridized carbons (Fsp3) is 0.235. The molecule has 0 aromatic heterocycles. The molecule has 2 aromatic rings. The highest BCUT2D eigenvalue weighted by atomic mass is 16.5. The molecule has 112 valence electrons. The van der Waals surface area contributed by atoms with E-state index < -0.39 is 5.97 Å². The molecule has 0 aliphatic carbocycles. The van der Waals surface area contributed by atoms with Gasteiger partial charge in [-0.2, -0.15) is 0 Å². The summed E-state index contributed by atoms with van der Waals surface area (Å²) in [7, 11) is 1.56. The summed E-state index contributed by atoms with van der Waals surface area (Å²) in [6.07, 6.45) is 0. The number of phenols is 1. The van der Waals surface area contributed by atoms with Crippen LogP contribution in [0.25, 0.3) is 0 Å². The van der Waals surface area contributed by atoms with E-state index in [-0.39, 0.29) is 5.75 Å². The summed E-state index contributed by atoms with van der Waals surface area (Å²) in [6, 6.07) is 11.2. The normalized spacial score (nSPS) is 9.33. The number of aryl methyl sites for hydroxylation is 1. The molecule has 0 amide bonds. The molecule has 0 aliphatic rings. The van der Waals surface area contributed by atoms with E-state index in [1.807, 2.05) is 13.8 Å². The van der Waals surface area contributed by atoms with Gasteiger partial charge in [-0.1, -0.05) is 13.8 Å². The molecule has 0 bridgehead atoms. The average molecular weight is 288 g/mol. The number of rotatable bonds is 3. The van der Waals surface area contributed by atoms with Crippen LogP contribution in [0, 0.1) is 6.92 Å². The molecule has 1 N–H and O–H groups in total. The fourth-order valence-electron chi connectivity index (χ4n) is 1.63. The number of esters is 1. The van der Waals surface area contributed by atoms with Gasteiger partial charge < -0.3 is 14.6 Å². The molecule has 0 unspecified atom stereocenters. The van der Waals surface area contributed by atoms with Gasteiger partial charge in [0.05, 0.1) is 12.7 Å². The smallest absolute Gasteiger partial charge is 0.343 e. The number of benzene rings is 2. The van der Waals surface area contributed by atoms with Crippen molar-refractivity contribution in [2.24, 2.45) is 0 Å². The van der Waals surface area contributed by atoms with E-state index in [1.165, 1.54) is 12.1 Å². The highest BCUT2D eigenvalue weighted by Crippen LogP contribution is 2.23. The number of hydrogen-bond donors (Lipinski definition) is 1. The lowest BCUT2D eigenvalue weighted by Gasteiger charge is -2.08. The Morgan fingerprint density at radius 3 is 2.19 bits per heavy atom. The van der Waals surface area contributed by atoms with E-state index in [4.69, 9.17) is 9.47 Å². The van der Waals surface area contributed by atoms with Crippen molar-refractivity contribution in [2.45, 2.75) is 20.8 Å². The lowest BCUT2D eigenvalue weighted by Crippen LogP contribution is -2.09. The highest BCUT2D eigenvalue weighted by molar-refractivity contribution is 5.91. The predicted octanol–water partition coefficient (Wildman–Crippen LogP) is 3.95. The van der Waals surface area contributed by atoms with Crippen molar-refractivity contribution < 1.29 is 19.4 Å². The molecule has 0 atom stereocenters. The van der Waals surface area contributed by atoms with Gasteiger partial charge in [0.2, 0.25) is 0 Å². The first kappa shape index (κ1) is 16.6. The molecule has 0 heterocycles. The van der Waals surface area contributed by atoms with Gasteiger partial charge in [0, 0.05) is 0 Å². The summed E-state index contributed by atoms with van der Waals surface area (Å²) in [6.45, 7) is 5.76. The lowest BCUT2D eigenvalue weighted by molar-refractivity contribution is 0.0733. The number of aromatic hydroxyl groups is 1. The van der Waals surface area contributed by atoms with Crippen LogP contribution in [-0.2, 0) is 0 Å². The minimum Gasteiger partial charge on any atom is -0.508 e. The largest absolute Gasteiger partial charge is 0.508 e. The summed E-state index contributed by atoms with van der Waals surface area (Å²) in [4.78, 5) is 11.9. The number of methoxy groups -OCH3 is 1. The fourth-order valence-corrected chi connectivity index (χ4v) is 1.63. The maximum Gasteiger partial charge on any atom is 0.343 e. The van der Waals surface area contributed by atoms with Gasteiger partial charge in [-0.25, -0.2) is 4.79 Å². The average Bonchev–Trinajstić information content (AvgIpc) is 2.52. The summed E-state index contributed by atoms with van der Waals surface area (Å²) < 4.78 is 10.3. The van der Waals surface area contributed by atoms with Crippen molar-refractivity contribution in [3.63, 3.8) is 0 Å². The van der Waals surface area contributed by atoms with Crippen LogP contribution in [0.15, 0.2) is 42.5 Å². The molecule has 4 heteroatoms. The molecule has 2 aromatic carbocycles. The van der Waals surface area contributed by atoms with Crippen molar-refractivity contribution >= 4 is 5.97 Å². The van der Waals surface area contributed by atoms with Gasteiger partial charge in [0.15, 0.2) is 0 Å². The van der Waals surface area contributed by atoms with Crippen molar-refractivity contribution in [1.29, 1.82) is 0 Å².